The van der Waals surface area contributed by atoms with Crippen LogP contribution in [0, 0.1) is 29.1 Å². The molecule has 7 heteroatoms. The van der Waals surface area contributed by atoms with Crippen molar-refractivity contribution in [3.63, 3.8) is 0 Å². The zero-order valence-corrected chi connectivity index (χ0v) is 11.7. The minimum atomic E-state index is -2.13. The summed E-state index contributed by atoms with van der Waals surface area (Å²) in [6, 6.07) is -0.113. The second-order valence-corrected chi connectivity index (χ2v) is 5.34. The average molecular weight is 308 g/mol. The Balaban J connectivity index is 2.02. The van der Waals surface area contributed by atoms with E-state index in [-0.39, 0.29) is 6.04 Å². The van der Waals surface area contributed by atoms with Crippen LogP contribution in [-0.4, -0.2) is 30.6 Å². The van der Waals surface area contributed by atoms with Crippen molar-refractivity contribution in [2.75, 3.05) is 19.6 Å². The number of rotatable bonds is 5. The number of nitrogens with zero attached hydrogens (tertiary/aromatic N) is 1. The highest BCUT2D eigenvalue weighted by Crippen LogP contribution is 2.23. The number of halogens is 5. The first-order valence-electron chi connectivity index (χ1n) is 6.87. The Bertz CT molecular complexity index is 486. The fourth-order valence-corrected chi connectivity index (χ4v) is 2.50. The molecule has 2 nitrogen and oxygen atoms in total. The van der Waals surface area contributed by atoms with Crippen LogP contribution in [-0.2, 0) is 6.54 Å². The van der Waals surface area contributed by atoms with Crippen LogP contribution in [0.3, 0.4) is 0 Å². The SMILES string of the molecule is CC(CN1CCCC1)NCc1c(F)c(F)c(F)c(F)c1F. The van der Waals surface area contributed by atoms with Crippen molar-refractivity contribution in [3.8, 4) is 0 Å². The van der Waals surface area contributed by atoms with E-state index in [2.05, 4.69) is 10.2 Å². The maximum atomic E-state index is 13.5. The zero-order chi connectivity index (χ0) is 15.6. The molecule has 0 radical (unpaired) electrons. The fraction of sp³-hybridized carbons (Fsp3) is 0.571. The third-order valence-electron chi connectivity index (χ3n) is 3.66. The van der Waals surface area contributed by atoms with E-state index in [9.17, 15) is 22.0 Å². The van der Waals surface area contributed by atoms with Crippen molar-refractivity contribution in [2.45, 2.75) is 32.4 Å². The van der Waals surface area contributed by atoms with E-state index >= 15 is 0 Å². The number of nitrogens with one attached hydrogen (secondary N) is 1. The molecule has 0 spiro atoms. The first kappa shape index (κ1) is 16.2. The van der Waals surface area contributed by atoms with Crippen molar-refractivity contribution < 1.29 is 22.0 Å². The van der Waals surface area contributed by atoms with Gasteiger partial charge in [0.2, 0.25) is 5.82 Å². The highest BCUT2D eigenvalue weighted by molar-refractivity contribution is 5.24. The summed E-state index contributed by atoms with van der Waals surface area (Å²) in [6.45, 7) is 4.02. The van der Waals surface area contributed by atoms with Gasteiger partial charge in [0, 0.05) is 24.7 Å². The van der Waals surface area contributed by atoms with Gasteiger partial charge in [0.1, 0.15) is 0 Å². The molecule has 0 amide bonds. The van der Waals surface area contributed by atoms with Crippen molar-refractivity contribution in [2.24, 2.45) is 0 Å². The van der Waals surface area contributed by atoms with Gasteiger partial charge in [-0.1, -0.05) is 0 Å². The van der Waals surface area contributed by atoms with Crippen LogP contribution >= 0.6 is 0 Å². The lowest BCUT2D eigenvalue weighted by molar-refractivity contribution is 0.295. The number of hydrogen-bond donors (Lipinski definition) is 1. The van der Waals surface area contributed by atoms with Gasteiger partial charge in [-0.15, -0.1) is 0 Å². The molecule has 1 aliphatic rings. The molecular formula is C14H17F5N2. The van der Waals surface area contributed by atoms with Gasteiger partial charge in [0.15, 0.2) is 23.3 Å². The molecule has 1 saturated heterocycles. The Morgan fingerprint density at radius 3 is 1.90 bits per heavy atom. The van der Waals surface area contributed by atoms with Crippen molar-refractivity contribution in [1.29, 1.82) is 0 Å². The van der Waals surface area contributed by atoms with Crippen molar-refractivity contribution in [1.82, 2.24) is 10.2 Å². The van der Waals surface area contributed by atoms with E-state index in [1.54, 1.807) is 0 Å². The molecule has 1 atom stereocenters. The summed E-state index contributed by atoms with van der Waals surface area (Å²) in [5, 5.41) is 2.80. The second kappa shape index (κ2) is 6.70. The van der Waals surface area contributed by atoms with Gasteiger partial charge in [-0.05, 0) is 32.9 Å². The standard InChI is InChI=1S/C14H17F5N2/c1-8(7-21-4-2-3-5-21)20-6-9-10(15)12(17)14(19)13(18)11(9)16/h8,20H,2-7H2,1H3. The lowest BCUT2D eigenvalue weighted by atomic mass is 10.1. The molecule has 1 unspecified atom stereocenters. The highest BCUT2D eigenvalue weighted by Gasteiger charge is 2.25. The van der Waals surface area contributed by atoms with Crippen LogP contribution in [0.5, 0.6) is 0 Å². The van der Waals surface area contributed by atoms with Gasteiger partial charge >= 0.3 is 0 Å². The Kier molecular flexibility index (Phi) is 5.16. The maximum Gasteiger partial charge on any atom is 0.200 e. The second-order valence-electron chi connectivity index (χ2n) is 5.34. The van der Waals surface area contributed by atoms with Gasteiger partial charge in [-0.25, -0.2) is 22.0 Å². The molecule has 0 saturated carbocycles. The molecule has 1 aliphatic heterocycles. The van der Waals surface area contributed by atoms with Gasteiger partial charge in [-0.3, -0.25) is 0 Å². The minimum Gasteiger partial charge on any atom is -0.309 e. The molecule has 1 fully saturated rings. The lowest BCUT2D eigenvalue weighted by Gasteiger charge is -2.21. The van der Waals surface area contributed by atoms with Crippen molar-refractivity contribution in [3.05, 3.63) is 34.6 Å². The van der Waals surface area contributed by atoms with Gasteiger partial charge in [-0.2, -0.15) is 0 Å². The maximum absolute atomic E-state index is 13.5. The fourth-order valence-electron chi connectivity index (χ4n) is 2.50. The Hall–Kier alpha value is -1.21. The van der Waals surface area contributed by atoms with E-state index in [0.717, 1.165) is 25.9 Å². The summed E-state index contributed by atoms with van der Waals surface area (Å²) in [5.41, 5.74) is -0.820. The molecule has 118 valence electrons. The average Bonchev–Trinajstić information content (AvgIpc) is 2.96. The van der Waals surface area contributed by atoms with E-state index < -0.39 is 41.2 Å². The molecular weight excluding hydrogens is 291 g/mol. The summed E-state index contributed by atoms with van der Waals surface area (Å²) in [6.07, 6.45) is 2.23. The third kappa shape index (κ3) is 3.52. The molecule has 21 heavy (non-hydrogen) atoms. The molecule has 0 aliphatic carbocycles. The van der Waals surface area contributed by atoms with Crippen LogP contribution in [0.1, 0.15) is 25.3 Å². The zero-order valence-electron chi connectivity index (χ0n) is 11.7. The number of likely N-dealkylation sites (tertiary alicyclic amines) is 1. The van der Waals surface area contributed by atoms with Gasteiger partial charge < -0.3 is 10.2 Å². The molecule has 1 aromatic rings. The highest BCUT2D eigenvalue weighted by atomic mass is 19.2. The monoisotopic (exact) mass is 308 g/mol. The summed E-state index contributed by atoms with van der Waals surface area (Å²) in [5.74, 6) is -9.48. The summed E-state index contributed by atoms with van der Waals surface area (Å²) >= 11 is 0. The predicted molar refractivity (Wildman–Crippen MR) is 68.2 cm³/mol. The van der Waals surface area contributed by atoms with Crippen LogP contribution in [0.2, 0.25) is 0 Å². The molecule has 0 bridgehead atoms. The Morgan fingerprint density at radius 1 is 0.905 bits per heavy atom. The normalized spacial score (nSPS) is 17.4. The van der Waals surface area contributed by atoms with E-state index in [1.165, 1.54) is 0 Å². The molecule has 1 aromatic carbocycles. The Labute approximate surface area is 119 Å². The van der Waals surface area contributed by atoms with E-state index in [0.29, 0.717) is 6.54 Å². The first-order chi connectivity index (χ1) is 9.91. The molecule has 2 rings (SSSR count). The van der Waals surface area contributed by atoms with Gasteiger partial charge in [0.05, 0.1) is 0 Å². The summed E-state index contributed by atoms with van der Waals surface area (Å²) in [7, 11) is 0. The number of benzene rings is 1. The molecule has 1 N–H and O–H groups in total. The molecule has 1 heterocycles. The van der Waals surface area contributed by atoms with Crippen LogP contribution in [0.15, 0.2) is 0 Å². The van der Waals surface area contributed by atoms with Crippen molar-refractivity contribution >= 4 is 0 Å². The summed E-state index contributed by atoms with van der Waals surface area (Å²) < 4.78 is 66.0. The Morgan fingerprint density at radius 2 is 1.38 bits per heavy atom. The quantitative estimate of drug-likeness (QED) is 0.511. The van der Waals surface area contributed by atoms with Crippen LogP contribution < -0.4 is 5.32 Å². The smallest absolute Gasteiger partial charge is 0.200 e. The minimum absolute atomic E-state index is 0.113. The van der Waals surface area contributed by atoms with Gasteiger partial charge in [0.25, 0.3) is 0 Å². The number of hydrogen-bond acceptors (Lipinski definition) is 2. The summed E-state index contributed by atoms with van der Waals surface area (Å²) in [4.78, 5) is 2.19. The lowest BCUT2D eigenvalue weighted by Crippen LogP contribution is -2.38. The topological polar surface area (TPSA) is 15.3 Å². The van der Waals surface area contributed by atoms with Crippen LogP contribution in [0.25, 0.3) is 0 Å². The predicted octanol–water partition coefficient (Wildman–Crippen LogP) is 2.96. The third-order valence-corrected chi connectivity index (χ3v) is 3.66. The molecule has 0 aromatic heterocycles. The largest absolute Gasteiger partial charge is 0.309 e. The van der Waals surface area contributed by atoms with E-state index in [1.807, 2.05) is 6.92 Å². The van der Waals surface area contributed by atoms with Crippen LogP contribution in [0.4, 0.5) is 22.0 Å². The van der Waals surface area contributed by atoms with E-state index in [4.69, 9.17) is 0 Å². The first-order valence-corrected chi connectivity index (χ1v) is 6.87.